The van der Waals surface area contributed by atoms with E-state index >= 15 is 0 Å². The van der Waals surface area contributed by atoms with Crippen molar-refractivity contribution in [1.82, 2.24) is 5.32 Å². The maximum atomic E-state index is 11.3. The summed E-state index contributed by atoms with van der Waals surface area (Å²) in [5.41, 5.74) is 8.09. The first-order valence-corrected chi connectivity index (χ1v) is 5.98. The average molecular weight is 245 g/mol. The van der Waals surface area contributed by atoms with Crippen LogP contribution in [0.3, 0.4) is 0 Å². The summed E-state index contributed by atoms with van der Waals surface area (Å²) >= 11 is 0. The number of nitrogens with zero attached hydrogens (tertiary/aromatic N) is 1. The maximum Gasteiger partial charge on any atom is 0.234 e. The molecule has 96 valence electrons. The zero-order chi connectivity index (χ0) is 13.7. The fourth-order valence-corrected chi connectivity index (χ4v) is 1.85. The van der Waals surface area contributed by atoms with Gasteiger partial charge in [0.15, 0.2) is 0 Å². The van der Waals surface area contributed by atoms with E-state index in [-0.39, 0.29) is 17.9 Å². The highest BCUT2D eigenvalue weighted by Gasteiger charge is 2.18. The second-order valence-corrected chi connectivity index (χ2v) is 4.76. The topological polar surface area (TPSA) is 78.9 Å². The van der Waals surface area contributed by atoms with Crippen molar-refractivity contribution in [3.05, 3.63) is 34.9 Å². The lowest BCUT2D eigenvalue weighted by atomic mass is 10.0. The lowest BCUT2D eigenvalue weighted by molar-refractivity contribution is -0.121. The molecule has 1 aromatic rings. The van der Waals surface area contributed by atoms with E-state index < -0.39 is 0 Å². The van der Waals surface area contributed by atoms with Crippen LogP contribution in [0.15, 0.2) is 18.2 Å². The number of carbonyl (C=O) groups excluding carboxylic acids is 1. The van der Waals surface area contributed by atoms with Gasteiger partial charge in [-0.3, -0.25) is 4.79 Å². The summed E-state index contributed by atoms with van der Waals surface area (Å²) in [5.74, 6) is -0.183. The number of amides is 1. The van der Waals surface area contributed by atoms with Crippen LogP contribution in [0, 0.1) is 24.2 Å². The highest BCUT2D eigenvalue weighted by molar-refractivity contribution is 5.80. The van der Waals surface area contributed by atoms with Gasteiger partial charge >= 0.3 is 0 Å². The predicted octanol–water partition coefficient (Wildman–Crippen LogP) is 1.47. The molecule has 0 fully saturated rings. The Balaban J connectivity index is 2.74. The number of primary amides is 1. The molecule has 1 atom stereocenters. The summed E-state index contributed by atoms with van der Waals surface area (Å²) in [6.45, 7) is 6.43. The normalized spacial score (nSPS) is 12.2. The Morgan fingerprint density at radius 2 is 2.17 bits per heavy atom. The Morgan fingerprint density at radius 3 is 2.61 bits per heavy atom. The van der Waals surface area contributed by atoms with Gasteiger partial charge in [-0.05, 0) is 36.1 Å². The van der Waals surface area contributed by atoms with E-state index in [4.69, 9.17) is 11.0 Å². The van der Waals surface area contributed by atoms with Crippen LogP contribution in [0.25, 0.3) is 0 Å². The van der Waals surface area contributed by atoms with Crippen LogP contribution in [0.1, 0.15) is 30.5 Å². The van der Waals surface area contributed by atoms with E-state index in [0.717, 1.165) is 11.1 Å². The third-order valence-corrected chi connectivity index (χ3v) is 2.96. The molecule has 0 saturated heterocycles. The summed E-state index contributed by atoms with van der Waals surface area (Å²) in [6, 6.07) is 7.29. The molecule has 1 rings (SSSR count). The molecule has 0 spiro atoms. The van der Waals surface area contributed by atoms with E-state index in [2.05, 4.69) is 11.4 Å². The molecule has 3 N–H and O–H groups in total. The second kappa shape index (κ2) is 6.18. The number of hydrogen-bond acceptors (Lipinski definition) is 3. The van der Waals surface area contributed by atoms with Crippen molar-refractivity contribution >= 4 is 5.91 Å². The highest BCUT2D eigenvalue weighted by Crippen LogP contribution is 2.11. The van der Waals surface area contributed by atoms with Crippen LogP contribution in [0.2, 0.25) is 0 Å². The molecule has 0 radical (unpaired) electrons. The molecule has 4 nitrogen and oxygen atoms in total. The molecular weight excluding hydrogens is 226 g/mol. The number of hydrogen-bond donors (Lipinski definition) is 2. The number of benzene rings is 1. The van der Waals surface area contributed by atoms with Crippen LogP contribution in [0.4, 0.5) is 0 Å². The van der Waals surface area contributed by atoms with Gasteiger partial charge in [-0.25, -0.2) is 0 Å². The van der Waals surface area contributed by atoms with Gasteiger partial charge in [-0.15, -0.1) is 0 Å². The number of nitriles is 1. The van der Waals surface area contributed by atoms with Gasteiger partial charge in [0.25, 0.3) is 0 Å². The Morgan fingerprint density at radius 1 is 1.50 bits per heavy atom. The van der Waals surface area contributed by atoms with E-state index in [0.29, 0.717) is 12.1 Å². The zero-order valence-corrected chi connectivity index (χ0v) is 11.0. The average Bonchev–Trinajstić information content (AvgIpc) is 2.30. The number of rotatable bonds is 5. The molecule has 1 amide bonds. The van der Waals surface area contributed by atoms with E-state index in [1.807, 2.05) is 32.9 Å². The quantitative estimate of drug-likeness (QED) is 0.824. The Hall–Kier alpha value is -1.86. The molecule has 4 heteroatoms. The first-order chi connectivity index (χ1) is 8.45. The first-order valence-electron chi connectivity index (χ1n) is 5.98. The lowest BCUT2D eigenvalue weighted by Crippen LogP contribution is -2.44. The van der Waals surface area contributed by atoms with Crippen molar-refractivity contribution in [2.24, 2.45) is 11.7 Å². The molecule has 0 heterocycles. The van der Waals surface area contributed by atoms with Crippen molar-refractivity contribution in [2.45, 2.75) is 33.4 Å². The molecule has 0 aromatic heterocycles. The molecule has 1 unspecified atom stereocenters. The van der Waals surface area contributed by atoms with Gasteiger partial charge in [0, 0.05) is 6.54 Å². The number of nitrogens with one attached hydrogen (secondary N) is 1. The minimum absolute atomic E-state index is 0.154. The van der Waals surface area contributed by atoms with Crippen molar-refractivity contribution in [2.75, 3.05) is 0 Å². The van der Waals surface area contributed by atoms with Crippen LogP contribution in [-0.4, -0.2) is 11.9 Å². The Labute approximate surface area is 108 Å². The molecule has 0 aliphatic carbocycles. The van der Waals surface area contributed by atoms with Crippen LogP contribution in [-0.2, 0) is 11.3 Å². The fraction of sp³-hybridized carbons (Fsp3) is 0.429. The molecule has 0 bridgehead atoms. The van der Waals surface area contributed by atoms with Crippen LogP contribution < -0.4 is 11.1 Å². The SMILES string of the molecule is Cc1cc(C#N)ccc1CNC(C(N)=O)C(C)C. The van der Waals surface area contributed by atoms with Crippen molar-refractivity contribution in [3.8, 4) is 6.07 Å². The Kier molecular flexibility index (Phi) is 4.87. The molecule has 18 heavy (non-hydrogen) atoms. The second-order valence-electron chi connectivity index (χ2n) is 4.76. The van der Waals surface area contributed by atoms with E-state index in [9.17, 15) is 4.79 Å². The number of nitrogens with two attached hydrogens (primary N) is 1. The largest absolute Gasteiger partial charge is 0.368 e. The molecule has 0 saturated carbocycles. The van der Waals surface area contributed by atoms with E-state index in [1.165, 1.54) is 0 Å². The van der Waals surface area contributed by atoms with Crippen molar-refractivity contribution in [1.29, 1.82) is 5.26 Å². The standard InChI is InChI=1S/C14H19N3O/c1-9(2)13(14(16)18)17-8-12-5-4-11(7-15)6-10(12)3/h4-6,9,13,17H,8H2,1-3H3,(H2,16,18). The van der Waals surface area contributed by atoms with Gasteiger partial charge in [-0.1, -0.05) is 19.9 Å². The van der Waals surface area contributed by atoms with E-state index in [1.54, 1.807) is 6.07 Å². The highest BCUT2D eigenvalue weighted by atomic mass is 16.1. The van der Waals surface area contributed by atoms with Crippen LogP contribution in [0.5, 0.6) is 0 Å². The molecule has 0 aliphatic rings. The lowest BCUT2D eigenvalue weighted by Gasteiger charge is -2.19. The minimum atomic E-state index is -0.337. The van der Waals surface area contributed by atoms with Gasteiger partial charge < -0.3 is 11.1 Å². The van der Waals surface area contributed by atoms with Crippen molar-refractivity contribution in [3.63, 3.8) is 0 Å². The Bertz CT molecular complexity index is 474. The fourth-order valence-electron chi connectivity index (χ4n) is 1.85. The summed E-state index contributed by atoms with van der Waals surface area (Å²) in [4.78, 5) is 11.3. The zero-order valence-electron chi connectivity index (χ0n) is 11.0. The third-order valence-electron chi connectivity index (χ3n) is 2.96. The predicted molar refractivity (Wildman–Crippen MR) is 70.6 cm³/mol. The molecule has 0 aliphatic heterocycles. The summed E-state index contributed by atoms with van der Waals surface area (Å²) in [5, 5.41) is 11.9. The van der Waals surface area contributed by atoms with Gasteiger partial charge in [0.05, 0.1) is 17.7 Å². The summed E-state index contributed by atoms with van der Waals surface area (Å²) < 4.78 is 0. The number of aryl methyl sites for hydroxylation is 1. The monoisotopic (exact) mass is 245 g/mol. The van der Waals surface area contributed by atoms with Gasteiger partial charge in [0.2, 0.25) is 5.91 Å². The van der Waals surface area contributed by atoms with Crippen LogP contribution >= 0.6 is 0 Å². The number of carbonyl (C=O) groups is 1. The molecular formula is C14H19N3O. The van der Waals surface area contributed by atoms with Gasteiger partial charge in [-0.2, -0.15) is 5.26 Å². The summed E-state index contributed by atoms with van der Waals surface area (Å²) in [7, 11) is 0. The smallest absolute Gasteiger partial charge is 0.234 e. The first kappa shape index (κ1) is 14.2. The maximum absolute atomic E-state index is 11.3. The minimum Gasteiger partial charge on any atom is -0.368 e. The molecule has 1 aromatic carbocycles. The summed E-state index contributed by atoms with van der Waals surface area (Å²) in [6.07, 6.45) is 0. The van der Waals surface area contributed by atoms with Crippen molar-refractivity contribution < 1.29 is 4.79 Å². The third kappa shape index (κ3) is 3.57. The van der Waals surface area contributed by atoms with Gasteiger partial charge in [0.1, 0.15) is 0 Å².